The lowest BCUT2D eigenvalue weighted by molar-refractivity contribution is 0.592. The van der Waals surface area contributed by atoms with Gasteiger partial charge in [-0.25, -0.2) is 0 Å². The van der Waals surface area contributed by atoms with Gasteiger partial charge in [-0.2, -0.15) is 0 Å². The van der Waals surface area contributed by atoms with Gasteiger partial charge in [0.1, 0.15) is 0 Å². The van der Waals surface area contributed by atoms with E-state index < -0.39 is 0 Å². The van der Waals surface area contributed by atoms with Crippen molar-refractivity contribution in [2.24, 2.45) is 0 Å². The van der Waals surface area contributed by atoms with Gasteiger partial charge in [-0.05, 0) is 32.1 Å². The topological polar surface area (TPSA) is 0 Å². The van der Waals surface area contributed by atoms with Gasteiger partial charge in [0.2, 0.25) is 0 Å². The number of unbranched alkanes of at least 4 members (excludes halogenated alkanes) is 10. The zero-order valence-electron chi connectivity index (χ0n) is 13.5. The molecule has 0 aliphatic rings. The average Bonchev–Trinajstić information content (AvgIpc) is 2.43. The van der Waals surface area contributed by atoms with Crippen LogP contribution in [0.5, 0.6) is 0 Å². The highest BCUT2D eigenvalue weighted by Gasteiger charge is 1.89. The third-order valence-corrected chi connectivity index (χ3v) is 3.55. The molecule has 0 saturated carbocycles. The van der Waals surface area contributed by atoms with Crippen molar-refractivity contribution >= 4 is 0 Å². The first-order valence-electron chi connectivity index (χ1n) is 8.71. The summed E-state index contributed by atoms with van der Waals surface area (Å²) in [5.74, 6) is 0. The lowest BCUT2D eigenvalue weighted by atomic mass is 10.1. The average molecular weight is 264 g/mol. The van der Waals surface area contributed by atoms with Crippen LogP contribution in [0.2, 0.25) is 0 Å². The minimum absolute atomic E-state index is 1.13. The Morgan fingerprint density at radius 2 is 0.895 bits per heavy atom. The lowest BCUT2D eigenvalue weighted by Crippen LogP contribution is -1.78. The Morgan fingerprint density at radius 1 is 0.474 bits per heavy atom. The van der Waals surface area contributed by atoms with Gasteiger partial charge < -0.3 is 0 Å². The van der Waals surface area contributed by atoms with Gasteiger partial charge in [0.05, 0.1) is 0 Å². The van der Waals surface area contributed by atoms with Gasteiger partial charge in [0.25, 0.3) is 0 Å². The van der Waals surface area contributed by atoms with Gasteiger partial charge in [0, 0.05) is 0 Å². The van der Waals surface area contributed by atoms with Crippen molar-refractivity contribution in [3.05, 3.63) is 24.3 Å². The zero-order valence-corrected chi connectivity index (χ0v) is 13.5. The second-order valence-corrected chi connectivity index (χ2v) is 5.58. The van der Waals surface area contributed by atoms with Crippen molar-refractivity contribution < 1.29 is 0 Å². The van der Waals surface area contributed by atoms with Gasteiger partial charge in [-0.15, -0.1) is 0 Å². The predicted octanol–water partition coefficient (Wildman–Crippen LogP) is 7.21. The van der Waals surface area contributed by atoms with E-state index in [0.717, 1.165) is 6.42 Å². The summed E-state index contributed by atoms with van der Waals surface area (Å²) in [5.41, 5.74) is 0. The molecule has 0 spiro atoms. The van der Waals surface area contributed by atoms with Crippen molar-refractivity contribution in [1.29, 1.82) is 0 Å². The molecule has 0 heteroatoms. The van der Waals surface area contributed by atoms with Crippen LogP contribution in [0.25, 0.3) is 0 Å². The minimum atomic E-state index is 1.13. The normalized spacial score (nSPS) is 11.9. The van der Waals surface area contributed by atoms with Crippen molar-refractivity contribution in [2.45, 2.75) is 97.3 Å². The highest BCUT2D eigenvalue weighted by Crippen LogP contribution is 2.08. The monoisotopic (exact) mass is 264 g/mol. The largest absolute Gasteiger partial charge is 0.0882 e. The molecule has 0 unspecified atom stereocenters. The molecule has 0 amide bonds. The minimum Gasteiger partial charge on any atom is -0.0882 e. The lowest BCUT2D eigenvalue weighted by Gasteiger charge is -1.98. The fourth-order valence-electron chi connectivity index (χ4n) is 2.24. The summed E-state index contributed by atoms with van der Waals surface area (Å²) in [4.78, 5) is 0. The van der Waals surface area contributed by atoms with E-state index >= 15 is 0 Å². The number of hydrogen-bond donors (Lipinski definition) is 0. The fraction of sp³-hybridized carbons (Fsp3) is 0.789. The van der Waals surface area contributed by atoms with E-state index in [0.29, 0.717) is 0 Å². The van der Waals surface area contributed by atoms with Crippen LogP contribution in [0.15, 0.2) is 24.3 Å². The maximum atomic E-state index is 2.36. The molecule has 0 heterocycles. The Kier molecular flexibility index (Phi) is 17.0. The molecule has 0 aromatic heterocycles. The van der Waals surface area contributed by atoms with Crippen molar-refractivity contribution in [3.8, 4) is 0 Å². The molecule has 0 aliphatic heterocycles. The first kappa shape index (κ1) is 18.5. The van der Waals surface area contributed by atoms with Crippen molar-refractivity contribution in [3.63, 3.8) is 0 Å². The second kappa shape index (κ2) is 17.5. The standard InChI is InChI=1S/C19H36/c1-3-5-7-9-11-13-15-17-19-18-16-14-12-10-8-6-4-2/h11,13,17,19H,3-10,12,14-16,18H2,1-2H3/b13-11+,19-17+. The van der Waals surface area contributed by atoms with E-state index in [1.807, 2.05) is 0 Å². The van der Waals surface area contributed by atoms with E-state index in [-0.39, 0.29) is 0 Å². The summed E-state index contributed by atoms with van der Waals surface area (Å²) in [5, 5.41) is 0. The molecule has 0 aliphatic carbocycles. The number of allylic oxidation sites excluding steroid dienone is 4. The smallest absolute Gasteiger partial charge is 0.0169 e. The van der Waals surface area contributed by atoms with Crippen molar-refractivity contribution in [2.75, 3.05) is 0 Å². The summed E-state index contributed by atoms with van der Waals surface area (Å²) >= 11 is 0. The van der Waals surface area contributed by atoms with Gasteiger partial charge in [0.15, 0.2) is 0 Å². The Morgan fingerprint density at radius 3 is 1.47 bits per heavy atom. The summed E-state index contributed by atoms with van der Waals surface area (Å²) in [6, 6.07) is 0. The predicted molar refractivity (Wildman–Crippen MR) is 89.6 cm³/mol. The SMILES string of the molecule is CCCCC/C=C/C/C=C/CCCCCCCCC. The van der Waals surface area contributed by atoms with Gasteiger partial charge in [-0.1, -0.05) is 89.5 Å². The molecule has 0 rings (SSSR count). The van der Waals surface area contributed by atoms with Crippen LogP contribution in [0.1, 0.15) is 97.3 Å². The Labute approximate surface area is 122 Å². The molecule has 112 valence electrons. The summed E-state index contributed by atoms with van der Waals surface area (Å²) in [6.07, 6.45) is 27.0. The first-order chi connectivity index (χ1) is 9.41. The van der Waals surface area contributed by atoms with Crippen molar-refractivity contribution in [1.82, 2.24) is 0 Å². The van der Waals surface area contributed by atoms with Gasteiger partial charge >= 0.3 is 0 Å². The molecule has 0 N–H and O–H groups in total. The second-order valence-electron chi connectivity index (χ2n) is 5.58. The Bertz CT molecular complexity index is 200. The van der Waals surface area contributed by atoms with Gasteiger partial charge in [-0.3, -0.25) is 0 Å². The maximum Gasteiger partial charge on any atom is -0.0169 e. The molecule has 0 fully saturated rings. The Balaban J connectivity index is 3.12. The third-order valence-electron chi connectivity index (χ3n) is 3.55. The molecule has 0 aromatic rings. The highest BCUT2D eigenvalue weighted by atomic mass is 14.0. The van der Waals surface area contributed by atoms with E-state index in [1.165, 1.54) is 77.0 Å². The summed E-state index contributed by atoms with van der Waals surface area (Å²) in [6.45, 7) is 4.54. The molecule has 0 bridgehead atoms. The summed E-state index contributed by atoms with van der Waals surface area (Å²) < 4.78 is 0. The first-order valence-corrected chi connectivity index (χ1v) is 8.71. The van der Waals surface area contributed by atoms with E-state index in [4.69, 9.17) is 0 Å². The Hall–Kier alpha value is -0.520. The van der Waals surface area contributed by atoms with E-state index in [2.05, 4.69) is 38.2 Å². The quantitative estimate of drug-likeness (QED) is 0.230. The molecule has 0 atom stereocenters. The van der Waals surface area contributed by atoms with Crippen LogP contribution < -0.4 is 0 Å². The molecular formula is C19H36. The summed E-state index contributed by atoms with van der Waals surface area (Å²) in [7, 11) is 0. The van der Waals surface area contributed by atoms with Crippen LogP contribution in [-0.2, 0) is 0 Å². The van der Waals surface area contributed by atoms with E-state index in [9.17, 15) is 0 Å². The van der Waals surface area contributed by atoms with Crippen LogP contribution in [0, 0.1) is 0 Å². The molecular weight excluding hydrogens is 228 g/mol. The number of rotatable bonds is 14. The molecule has 0 nitrogen and oxygen atoms in total. The fourth-order valence-corrected chi connectivity index (χ4v) is 2.24. The maximum absolute atomic E-state index is 2.36. The zero-order chi connectivity index (χ0) is 14.0. The number of hydrogen-bond acceptors (Lipinski definition) is 0. The third kappa shape index (κ3) is 17.5. The molecule has 19 heavy (non-hydrogen) atoms. The highest BCUT2D eigenvalue weighted by molar-refractivity contribution is 4.92. The van der Waals surface area contributed by atoms with Crippen LogP contribution in [-0.4, -0.2) is 0 Å². The van der Waals surface area contributed by atoms with Crippen LogP contribution in [0.3, 0.4) is 0 Å². The molecule has 0 saturated heterocycles. The molecule has 0 radical (unpaired) electrons. The van der Waals surface area contributed by atoms with Crippen LogP contribution >= 0.6 is 0 Å². The van der Waals surface area contributed by atoms with Crippen LogP contribution in [0.4, 0.5) is 0 Å². The van der Waals surface area contributed by atoms with E-state index in [1.54, 1.807) is 0 Å². The molecule has 0 aromatic carbocycles.